The summed E-state index contributed by atoms with van der Waals surface area (Å²) in [5.74, 6) is 0. The number of hydrogen-bond donors (Lipinski definition) is 1. The number of rotatable bonds is 4. The van der Waals surface area contributed by atoms with Crippen molar-refractivity contribution in [2.24, 2.45) is 5.73 Å². The average Bonchev–Trinajstić information content (AvgIpc) is 2.19. The molecule has 78 valence electrons. The number of ether oxygens (including phenoxy) is 2. The Labute approximate surface area is 84.0 Å². The Kier molecular flexibility index (Phi) is 4.00. The van der Waals surface area contributed by atoms with Gasteiger partial charge in [0.25, 0.3) is 0 Å². The van der Waals surface area contributed by atoms with Crippen LogP contribution in [0.2, 0.25) is 0 Å². The molecule has 4 nitrogen and oxygen atoms in total. The molecule has 0 radical (unpaired) electrons. The van der Waals surface area contributed by atoms with Crippen LogP contribution in [0.15, 0.2) is 18.5 Å². The summed E-state index contributed by atoms with van der Waals surface area (Å²) in [5, 5.41) is 0. The zero-order chi connectivity index (χ0) is 10.6. The van der Waals surface area contributed by atoms with Crippen molar-refractivity contribution < 1.29 is 9.47 Å². The monoisotopic (exact) mass is 196 g/mol. The van der Waals surface area contributed by atoms with Gasteiger partial charge < -0.3 is 15.2 Å². The van der Waals surface area contributed by atoms with Gasteiger partial charge in [0.05, 0.1) is 6.04 Å². The number of pyridine rings is 1. The molecule has 0 saturated carbocycles. The first-order valence-corrected chi connectivity index (χ1v) is 4.41. The van der Waals surface area contributed by atoms with E-state index >= 15 is 0 Å². The molecule has 0 aliphatic heterocycles. The fourth-order valence-corrected chi connectivity index (χ4v) is 1.31. The van der Waals surface area contributed by atoms with Gasteiger partial charge in [-0.15, -0.1) is 0 Å². The molecule has 1 atom stereocenters. The molecule has 1 rings (SSSR count). The lowest BCUT2D eigenvalue weighted by atomic mass is 10.1. The summed E-state index contributed by atoms with van der Waals surface area (Å²) in [7, 11) is 3.13. The summed E-state index contributed by atoms with van der Waals surface area (Å²) in [6.07, 6.45) is 3.08. The third kappa shape index (κ3) is 2.51. The number of methoxy groups -OCH3 is 2. The Bertz CT molecular complexity index is 287. The Hall–Kier alpha value is -0.970. The summed E-state index contributed by atoms with van der Waals surface area (Å²) in [5.41, 5.74) is 7.93. The minimum absolute atomic E-state index is 0.308. The van der Waals surface area contributed by atoms with E-state index in [1.165, 1.54) is 0 Å². The van der Waals surface area contributed by atoms with Crippen LogP contribution in [0.3, 0.4) is 0 Å². The molecule has 0 fully saturated rings. The first kappa shape index (κ1) is 11.1. The minimum atomic E-state index is -0.432. The zero-order valence-electron chi connectivity index (χ0n) is 8.73. The van der Waals surface area contributed by atoms with Gasteiger partial charge in [-0.1, -0.05) is 6.07 Å². The topological polar surface area (TPSA) is 57.4 Å². The van der Waals surface area contributed by atoms with Crippen molar-refractivity contribution in [3.8, 4) is 0 Å². The van der Waals surface area contributed by atoms with Gasteiger partial charge in [0.2, 0.25) is 0 Å². The predicted molar refractivity (Wildman–Crippen MR) is 53.7 cm³/mol. The Morgan fingerprint density at radius 2 is 1.93 bits per heavy atom. The Morgan fingerprint density at radius 1 is 1.29 bits per heavy atom. The molecule has 1 heterocycles. The lowest BCUT2D eigenvalue weighted by Crippen LogP contribution is -2.29. The molecule has 0 aliphatic carbocycles. The van der Waals surface area contributed by atoms with Gasteiger partial charge in [-0.2, -0.15) is 0 Å². The van der Waals surface area contributed by atoms with Crippen LogP contribution in [0.5, 0.6) is 0 Å². The first-order chi connectivity index (χ1) is 6.69. The quantitative estimate of drug-likeness (QED) is 0.730. The molecule has 1 aromatic heterocycles. The molecule has 0 aromatic carbocycles. The predicted octanol–water partition coefficient (Wildman–Crippen LogP) is 1.01. The van der Waals surface area contributed by atoms with Gasteiger partial charge in [-0.3, -0.25) is 4.98 Å². The molecular weight excluding hydrogens is 180 g/mol. The summed E-state index contributed by atoms with van der Waals surface area (Å²) < 4.78 is 10.2. The number of nitrogens with zero attached hydrogens (tertiary/aromatic N) is 1. The van der Waals surface area contributed by atoms with Crippen molar-refractivity contribution in [1.29, 1.82) is 0 Å². The molecule has 0 aliphatic rings. The molecule has 0 spiro atoms. The molecule has 1 aromatic rings. The van der Waals surface area contributed by atoms with Crippen molar-refractivity contribution >= 4 is 0 Å². The summed E-state index contributed by atoms with van der Waals surface area (Å²) >= 11 is 0. The van der Waals surface area contributed by atoms with E-state index < -0.39 is 6.29 Å². The molecule has 0 bridgehead atoms. The van der Waals surface area contributed by atoms with Crippen LogP contribution in [-0.4, -0.2) is 25.5 Å². The van der Waals surface area contributed by atoms with E-state index in [2.05, 4.69) is 4.98 Å². The second kappa shape index (κ2) is 5.05. The van der Waals surface area contributed by atoms with Gasteiger partial charge in [0, 0.05) is 26.6 Å². The normalized spacial score (nSPS) is 13.2. The number of nitrogens with two attached hydrogens (primary N) is 1. The summed E-state index contributed by atoms with van der Waals surface area (Å²) in [6, 6.07) is 1.67. The molecule has 14 heavy (non-hydrogen) atoms. The van der Waals surface area contributed by atoms with Crippen LogP contribution >= 0.6 is 0 Å². The Balaban J connectivity index is 2.82. The summed E-state index contributed by atoms with van der Waals surface area (Å²) in [6.45, 7) is 1.97. The number of aromatic nitrogens is 1. The SMILES string of the molecule is COC(OC)C(N)c1cncc(C)c1. The van der Waals surface area contributed by atoms with Crippen LogP contribution in [0, 0.1) is 6.92 Å². The fraction of sp³-hybridized carbons (Fsp3) is 0.500. The highest BCUT2D eigenvalue weighted by Gasteiger charge is 2.18. The molecule has 1 unspecified atom stereocenters. The molecular formula is C10H16N2O2. The van der Waals surface area contributed by atoms with E-state index in [9.17, 15) is 0 Å². The zero-order valence-corrected chi connectivity index (χ0v) is 8.73. The highest BCUT2D eigenvalue weighted by molar-refractivity contribution is 5.20. The van der Waals surface area contributed by atoms with E-state index in [-0.39, 0.29) is 6.04 Å². The van der Waals surface area contributed by atoms with Gasteiger partial charge >= 0.3 is 0 Å². The van der Waals surface area contributed by atoms with Gasteiger partial charge in [0.1, 0.15) is 0 Å². The Morgan fingerprint density at radius 3 is 2.43 bits per heavy atom. The van der Waals surface area contributed by atoms with Crippen LogP contribution in [-0.2, 0) is 9.47 Å². The first-order valence-electron chi connectivity index (χ1n) is 4.41. The summed E-state index contributed by atoms with van der Waals surface area (Å²) in [4.78, 5) is 4.07. The number of hydrogen-bond acceptors (Lipinski definition) is 4. The van der Waals surface area contributed by atoms with E-state index in [0.717, 1.165) is 11.1 Å². The molecule has 0 saturated heterocycles. The number of aryl methyl sites for hydroxylation is 1. The third-order valence-electron chi connectivity index (χ3n) is 2.04. The maximum atomic E-state index is 5.94. The average molecular weight is 196 g/mol. The van der Waals surface area contributed by atoms with Crippen molar-refractivity contribution in [3.05, 3.63) is 29.6 Å². The van der Waals surface area contributed by atoms with E-state index in [4.69, 9.17) is 15.2 Å². The van der Waals surface area contributed by atoms with E-state index in [1.54, 1.807) is 26.6 Å². The van der Waals surface area contributed by atoms with Crippen LogP contribution in [0.25, 0.3) is 0 Å². The van der Waals surface area contributed by atoms with Crippen molar-refractivity contribution in [2.45, 2.75) is 19.3 Å². The maximum Gasteiger partial charge on any atom is 0.176 e. The fourth-order valence-electron chi connectivity index (χ4n) is 1.31. The van der Waals surface area contributed by atoms with Gasteiger partial charge in [0.15, 0.2) is 6.29 Å². The lowest BCUT2D eigenvalue weighted by molar-refractivity contribution is -0.117. The maximum absolute atomic E-state index is 5.94. The molecule has 2 N–H and O–H groups in total. The van der Waals surface area contributed by atoms with E-state index in [0.29, 0.717) is 0 Å². The largest absolute Gasteiger partial charge is 0.354 e. The lowest BCUT2D eigenvalue weighted by Gasteiger charge is -2.21. The van der Waals surface area contributed by atoms with Crippen molar-refractivity contribution in [2.75, 3.05) is 14.2 Å². The highest BCUT2D eigenvalue weighted by atomic mass is 16.7. The van der Waals surface area contributed by atoms with E-state index in [1.807, 2.05) is 13.0 Å². The second-order valence-electron chi connectivity index (χ2n) is 3.16. The second-order valence-corrected chi connectivity index (χ2v) is 3.16. The van der Waals surface area contributed by atoms with Crippen molar-refractivity contribution in [3.63, 3.8) is 0 Å². The smallest absolute Gasteiger partial charge is 0.176 e. The van der Waals surface area contributed by atoms with Gasteiger partial charge in [-0.25, -0.2) is 0 Å². The van der Waals surface area contributed by atoms with Crippen LogP contribution < -0.4 is 5.73 Å². The molecule has 0 amide bonds. The third-order valence-corrected chi connectivity index (χ3v) is 2.04. The molecule has 4 heteroatoms. The van der Waals surface area contributed by atoms with Crippen molar-refractivity contribution in [1.82, 2.24) is 4.98 Å². The minimum Gasteiger partial charge on any atom is -0.354 e. The van der Waals surface area contributed by atoms with Crippen LogP contribution in [0.1, 0.15) is 17.2 Å². The van der Waals surface area contributed by atoms with Gasteiger partial charge in [-0.05, 0) is 18.1 Å². The highest BCUT2D eigenvalue weighted by Crippen LogP contribution is 2.16. The van der Waals surface area contributed by atoms with Crippen LogP contribution in [0.4, 0.5) is 0 Å². The standard InChI is InChI=1S/C10H16N2O2/c1-7-4-8(6-12-5-7)9(11)10(13-2)14-3/h4-6,9-10H,11H2,1-3H3.